The fourth-order valence-electron chi connectivity index (χ4n) is 4.05. The summed E-state index contributed by atoms with van der Waals surface area (Å²) in [5, 5.41) is 3.32. The number of nitrogens with zero attached hydrogens (tertiary/aromatic N) is 3. The van der Waals surface area contributed by atoms with Crippen molar-refractivity contribution in [3.8, 4) is 5.75 Å². The average Bonchev–Trinajstić information content (AvgIpc) is 2.72. The van der Waals surface area contributed by atoms with E-state index < -0.39 is 17.5 Å². The van der Waals surface area contributed by atoms with E-state index in [1.54, 1.807) is 11.1 Å². The van der Waals surface area contributed by atoms with E-state index in [2.05, 4.69) is 10.3 Å². The molecule has 0 bridgehead atoms. The highest BCUT2D eigenvalue weighted by atomic mass is 19.2. The first-order valence-corrected chi connectivity index (χ1v) is 10.4. The van der Waals surface area contributed by atoms with Crippen molar-refractivity contribution in [1.29, 1.82) is 0 Å². The van der Waals surface area contributed by atoms with Gasteiger partial charge in [-0.05, 0) is 32.6 Å². The van der Waals surface area contributed by atoms with Crippen molar-refractivity contribution in [2.45, 2.75) is 38.8 Å². The molecule has 1 aromatic heterocycles. The van der Waals surface area contributed by atoms with Gasteiger partial charge in [-0.3, -0.25) is 4.79 Å². The van der Waals surface area contributed by atoms with Crippen LogP contribution in [0.3, 0.4) is 0 Å². The van der Waals surface area contributed by atoms with E-state index in [1.165, 1.54) is 0 Å². The van der Waals surface area contributed by atoms with Gasteiger partial charge in [0.1, 0.15) is 17.6 Å². The number of benzene rings is 1. The first-order valence-electron chi connectivity index (χ1n) is 10.4. The molecule has 1 saturated carbocycles. The van der Waals surface area contributed by atoms with Crippen LogP contribution in [0, 0.1) is 23.4 Å². The maximum Gasteiger partial charge on any atom is 0.249 e. The lowest BCUT2D eigenvalue weighted by atomic mass is 9.82. The molecular weight excluding hydrogens is 409 g/mol. The molecule has 0 spiro atoms. The van der Waals surface area contributed by atoms with Crippen LogP contribution in [0.1, 0.15) is 26.7 Å². The van der Waals surface area contributed by atoms with E-state index in [1.807, 2.05) is 31.9 Å². The fraction of sp³-hybridized carbons (Fsp3) is 0.455. The van der Waals surface area contributed by atoms with Gasteiger partial charge in [-0.15, -0.1) is 0 Å². The van der Waals surface area contributed by atoms with Crippen LogP contribution in [0.2, 0.25) is 0 Å². The van der Waals surface area contributed by atoms with Gasteiger partial charge >= 0.3 is 0 Å². The number of hydrogen-bond donors (Lipinski definition) is 1. The molecule has 31 heavy (non-hydrogen) atoms. The minimum atomic E-state index is -1.49. The molecule has 1 aliphatic carbocycles. The van der Waals surface area contributed by atoms with E-state index in [0.717, 1.165) is 29.3 Å². The Bertz CT molecular complexity index is 974. The standard InChI is InChI=1S/C22H25F3N4O2/c1-4-29-19-11-27-20(9-18(19)28(3)12(2)22(29)30)26-10-13-5-14(6-13)31-15-7-16(23)21(25)17(24)8-15/h7-9,11-14H,4-6,10H2,1-3H3,(H,26,27)/t12?,13-,14+. The van der Waals surface area contributed by atoms with Crippen molar-refractivity contribution in [2.24, 2.45) is 5.92 Å². The summed E-state index contributed by atoms with van der Waals surface area (Å²) >= 11 is 0. The number of likely N-dealkylation sites (N-methyl/N-ethyl adjacent to an activating group) is 2. The number of nitrogens with one attached hydrogen (secondary N) is 1. The van der Waals surface area contributed by atoms with Gasteiger partial charge in [-0.25, -0.2) is 18.2 Å². The van der Waals surface area contributed by atoms with Gasteiger partial charge in [0.15, 0.2) is 17.5 Å². The Morgan fingerprint density at radius 2 is 1.84 bits per heavy atom. The number of ether oxygens (including phenoxy) is 1. The van der Waals surface area contributed by atoms with E-state index in [4.69, 9.17) is 4.74 Å². The molecule has 6 nitrogen and oxygen atoms in total. The Morgan fingerprint density at radius 1 is 1.16 bits per heavy atom. The third-order valence-corrected chi connectivity index (χ3v) is 6.08. The van der Waals surface area contributed by atoms with Gasteiger partial charge in [0, 0.05) is 38.3 Å². The Labute approximate surface area is 179 Å². The summed E-state index contributed by atoms with van der Waals surface area (Å²) in [6, 6.07) is 3.43. The maximum atomic E-state index is 13.3. The molecule has 1 aliphatic heterocycles. The van der Waals surface area contributed by atoms with Gasteiger partial charge in [-0.1, -0.05) is 0 Å². The van der Waals surface area contributed by atoms with Crippen LogP contribution in [0.15, 0.2) is 24.4 Å². The molecular formula is C22H25F3N4O2. The summed E-state index contributed by atoms with van der Waals surface area (Å²) in [4.78, 5) is 20.6. The van der Waals surface area contributed by atoms with Crippen molar-refractivity contribution in [3.05, 3.63) is 41.8 Å². The van der Waals surface area contributed by atoms with Gasteiger partial charge in [0.2, 0.25) is 5.91 Å². The number of carbonyl (C=O) groups excluding carboxylic acids is 1. The van der Waals surface area contributed by atoms with Crippen molar-refractivity contribution >= 4 is 23.1 Å². The molecule has 2 heterocycles. The minimum absolute atomic E-state index is 0.00338. The lowest BCUT2D eigenvalue weighted by Crippen LogP contribution is -2.50. The number of pyridine rings is 1. The van der Waals surface area contributed by atoms with E-state index in [9.17, 15) is 18.0 Å². The summed E-state index contributed by atoms with van der Waals surface area (Å²) in [5.41, 5.74) is 1.75. The average molecular weight is 434 g/mol. The fourth-order valence-corrected chi connectivity index (χ4v) is 4.05. The van der Waals surface area contributed by atoms with Crippen molar-refractivity contribution < 1.29 is 22.7 Å². The Balaban J connectivity index is 1.33. The molecule has 1 unspecified atom stereocenters. The van der Waals surface area contributed by atoms with Crippen molar-refractivity contribution in [3.63, 3.8) is 0 Å². The highest BCUT2D eigenvalue weighted by Crippen LogP contribution is 2.37. The Morgan fingerprint density at radius 3 is 2.48 bits per heavy atom. The molecule has 0 radical (unpaired) electrons. The smallest absolute Gasteiger partial charge is 0.249 e. The lowest BCUT2D eigenvalue weighted by Gasteiger charge is -2.39. The summed E-state index contributed by atoms with van der Waals surface area (Å²) in [6.45, 7) is 5.09. The molecule has 9 heteroatoms. The van der Waals surface area contributed by atoms with Crippen LogP contribution in [-0.2, 0) is 4.79 Å². The van der Waals surface area contributed by atoms with E-state index in [-0.39, 0.29) is 23.8 Å². The number of fused-ring (bicyclic) bond motifs is 1. The molecule has 1 fully saturated rings. The molecule has 2 aliphatic rings. The molecule has 0 saturated heterocycles. The van der Waals surface area contributed by atoms with Gasteiger partial charge in [-0.2, -0.15) is 0 Å². The summed E-state index contributed by atoms with van der Waals surface area (Å²) in [6.07, 6.45) is 2.98. The molecule has 4 rings (SSSR count). The number of hydrogen-bond acceptors (Lipinski definition) is 5. The first-order chi connectivity index (χ1) is 14.8. The van der Waals surface area contributed by atoms with Gasteiger partial charge in [0.05, 0.1) is 23.7 Å². The third-order valence-electron chi connectivity index (χ3n) is 6.08. The Hall–Kier alpha value is -2.97. The second kappa shape index (κ2) is 8.28. The molecule has 166 valence electrons. The zero-order valence-corrected chi connectivity index (χ0v) is 17.7. The molecule has 1 atom stereocenters. The zero-order valence-electron chi connectivity index (χ0n) is 17.7. The second-order valence-electron chi connectivity index (χ2n) is 8.09. The van der Waals surface area contributed by atoms with Crippen LogP contribution in [0.5, 0.6) is 5.75 Å². The number of aromatic nitrogens is 1. The number of anilines is 3. The number of carbonyl (C=O) groups is 1. The predicted octanol–water partition coefficient (Wildman–Crippen LogP) is 3.96. The second-order valence-corrected chi connectivity index (χ2v) is 8.09. The molecule has 1 aromatic carbocycles. The van der Waals surface area contributed by atoms with Crippen LogP contribution in [-0.4, -0.2) is 43.2 Å². The summed E-state index contributed by atoms with van der Waals surface area (Å²) in [7, 11) is 1.90. The summed E-state index contributed by atoms with van der Waals surface area (Å²) < 4.78 is 45.2. The maximum absolute atomic E-state index is 13.3. The predicted molar refractivity (Wildman–Crippen MR) is 112 cm³/mol. The summed E-state index contributed by atoms with van der Waals surface area (Å²) in [5.74, 6) is -2.91. The monoisotopic (exact) mass is 434 g/mol. The minimum Gasteiger partial charge on any atom is -0.490 e. The van der Waals surface area contributed by atoms with Gasteiger partial charge in [0.25, 0.3) is 0 Å². The van der Waals surface area contributed by atoms with Crippen LogP contribution < -0.4 is 19.9 Å². The molecule has 1 N–H and O–H groups in total. The van der Waals surface area contributed by atoms with Crippen molar-refractivity contribution in [1.82, 2.24) is 4.98 Å². The highest BCUT2D eigenvalue weighted by molar-refractivity contribution is 6.05. The van der Waals surface area contributed by atoms with Crippen LogP contribution in [0.4, 0.5) is 30.4 Å². The zero-order chi connectivity index (χ0) is 22.3. The topological polar surface area (TPSA) is 57.7 Å². The lowest BCUT2D eigenvalue weighted by molar-refractivity contribution is -0.119. The number of amides is 1. The third kappa shape index (κ3) is 4.00. The quantitative estimate of drug-likeness (QED) is 0.698. The first kappa shape index (κ1) is 21.3. The number of rotatable bonds is 6. The van der Waals surface area contributed by atoms with Crippen LogP contribution in [0.25, 0.3) is 0 Å². The number of halogens is 3. The van der Waals surface area contributed by atoms with E-state index >= 15 is 0 Å². The SMILES string of the molecule is CCN1C(=O)C(C)N(C)c2cc(NC[C@H]3C[C@@H](Oc4cc(F)c(F)c(F)c4)C3)ncc21. The Kier molecular flexibility index (Phi) is 5.68. The van der Waals surface area contributed by atoms with Gasteiger partial charge < -0.3 is 19.9 Å². The van der Waals surface area contributed by atoms with Crippen LogP contribution >= 0.6 is 0 Å². The highest BCUT2D eigenvalue weighted by Gasteiger charge is 2.34. The normalized spacial score (nSPS) is 22.8. The largest absolute Gasteiger partial charge is 0.490 e. The molecule has 1 amide bonds. The van der Waals surface area contributed by atoms with Crippen molar-refractivity contribution in [2.75, 3.05) is 35.3 Å². The molecule has 2 aromatic rings. The van der Waals surface area contributed by atoms with E-state index in [0.29, 0.717) is 31.8 Å².